The molecule has 0 amide bonds. The molecule has 0 aliphatic rings. The van der Waals surface area contributed by atoms with Crippen molar-refractivity contribution in [3.8, 4) is 11.5 Å². The Hall–Kier alpha value is -0.720. The smallest absolute Gasteiger partial charge is 0.161 e. The number of benzene rings is 2. The van der Waals surface area contributed by atoms with Gasteiger partial charge in [0.05, 0.1) is 19.9 Å². The van der Waals surface area contributed by atoms with Crippen molar-refractivity contribution in [2.24, 2.45) is 0 Å². The van der Waals surface area contributed by atoms with Crippen LogP contribution in [0.5, 0.6) is 11.5 Å². The van der Waals surface area contributed by atoms with Crippen LogP contribution in [0.25, 0.3) is 0 Å². The van der Waals surface area contributed by atoms with E-state index in [4.69, 9.17) is 9.47 Å². The minimum absolute atomic E-state index is 0.655. The summed E-state index contributed by atoms with van der Waals surface area (Å²) in [4.78, 5) is 0. The highest BCUT2D eigenvalue weighted by Crippen LogP contribution is 2.35. The first kappa shape index (κ1) is 16.6. The molecule has 3 nitrogen and oxygen atoms in total. The Morgan fingerprint density at radius 2 is 1.48 bits per heavy atom. The van der Waals surface area contributed by atoms with Gasteiger partial charge in [-0.1, -0.05) is 22.0 Å². The highest BCUT2D eigenvalue weighted by atomic mass is 79.9. The van der Waals surface area contributed by atoms with E-state index in [0.717, 1.165) is 24.7 Å². The summed E-state index contributed by atoms with van der Waals surface area (Å²) in [5.74, 6) is 1.42. The lowest BCUT2D eigenvalue weighted by molar-refractivity contribution is 0.354. The molecule has 0 atom stereocenters. The van der Waals surface area contributed by atoms with Gasteiger partial charge in [0.2, 0.25) is 0 Å². The van der Waals surface area contributed by atoms with Crippen molar-refractivity contribution < 1.29 is 9.47 Å². The average Bonchev–Trinajstić information content (AvgIpc) is 2.47. The van der Waals surface area contributed by atoms with Crippen molar-refractivity contribution in [1.82, 2.24) is 0 Å². The summed E-state index contributed by atoms with van der Waals surface area (Å²) < 4.78 is 13.6. The summed E-state index contributed by atoms with van der Waals surface area (Å²) >= 11 is 10.6. The van der Waals surface area contributed by atoms with Crippen LogP contribution in [0, 0.1) is 0 Å². The van der Waals surface area contributed by atoms with Gasteiger partial charge >= 0.3 is 0 Å². The van der Waals surface area contributed by atoms with E-state index in [1.165, 1.54) is 0 Å². The minimum atomic E-state index is 0.655. The Morgan fingerprint density at radius 1 is 0.905 bits per heavy atom. The lowest BCUT2D eigenvalue weighted by Gasteiger charge is -2.14. The van der Waals surface area contributed by atoms with Crippen LogP contribution < -0.4 is 14.8 Å². The van der Waals surface area contributed by atoms with Crippen molar-refractivity contribution in [3.05, 3.63) is 49.3 Å². The van der Waals surface area contributed by atoms with Gasteiger partial charge in [0, 0.05) is 20.0 Å². The van der Waals surface area contributed by atoms with Crippen LogP contribution in [0.15, 0.2) is 43.7 Å². The number of rotatable bonds is 5. The highest BCUT2D eigenvalue weighted by molar-refractivity contribution is 9.11. The number of halogens is 3. The number of nitrogens with one attached hydrogen (secondary N) is 1. The fourth-order valence-electron chi connectivity index (χ4n) is 1.88. The number of hydrogen-bond donors (Lipinski definition) is 1. The second-order valence-electron chi connectivity index (χ2n) is 4.25. The Bertz CT molecular complexity index is 627. The summed E-state index contributed by atoms with van der Waals surface area (Å²) in [5.41, 5.74) is 2.09. The molecule has 0 radical (unpaired) electrons. The van der Waals surface area contributed by atoms with Gasteiger partial charge in [-0.3, -0.25) is 0 Å². The van der Waals surface area contributed by atoms with Crippen LogP contribution in [-0.4, -0.2) is 14.2 Å². The van der Waals surface area contributed by atoms with Gasteiger partial charge < -0.3 is 14.8 Å². The number of anilines is 1. The maximum atomic E-state index is 5.34. The lowest BCUT2D eigenvalue weighted by atomic mass is 10.2. The van der Waals surface area contributed by atoms with Gasteiger partial charge in [-0.15, -0.1) is 0 Å². The van der Waals surface area contributed by atoms with Crippen molar-refractivity contribution in [2.75, 3.05) is 19.5 Å². The Balaban J connectivity index is 2.24. The SMILES string of the molecule is COc1cc(Br)c(CNc2c(Br)cccc2Br)cc1OC. The maximum Gasteiger partial charge on any atom is 0.161 e. The van der Waals surface area contributed by atoms with Gasteiger partial charge in [0.25, 0.3) is 0 Å². The summed E-state index contributed by atoms with van der Waals surface area (Å²) in [6.45, 7) is 0.655. The van der Waals surface area contributed by atoms with Gasteiger partial charge in [-0.05, 0) is 61.7 Å². The zero-order valence-corrected chi connectivity index (χ0v) is 16.3. The predicted octanol–water partition coefficient (Wildman–Crippen LogP) is 5.60. The van der Waals surface area contributed by atoms with Crippen molar-refractivity contribution >= 4 is 53.5 Å². The molecule has 0 fully saturated rings. The maximum absolute atomic E-state index is 5.34. The van der Waals surface area contributed by atoms with Gasteiger partial charge in [-0.25, -0.2) is 0 Å². The minimum Gasteiger partial charge on any atom is -0.493 e. The number of methoxy groups -OCH3 is 2. The summed E-state index contributed by atoms with van der Waals surface area (Å²) in [6, 6.07) is 9.84. The predicted molar refractivity (Wildman–Crippen MR) is 96.4 cm³/mol. The fourth-order valence-corrected chi connectivity index (χ4v) is 3.62. The normalized spacial score (nSPS) is 10.3. The number of ether oxygens (including phenoxy) is 2. The number of hydrogen-bond acceptors (Lipinski definition) is 3. The molecule has 0 saturated heterocycles. The quantitative estimate of drug-likeness (QED) is 0.605. The molecule has 0 aliphatic carbocycles. The Labute approximate surface area is 149 Å². The highest BCUT2D eigenvalue weighted by Gasteiger charge is 2.11. The van der Waals surface area contributed by atoms with Crippen molar-refractivity contribution in [3.63, 3.8) is 0 Å². The van der Waals surface area contributed by atoms with Gasteiger partial charge in [0.1, 0.15) is 0 Å². The van der Waals surface area contributed by atoms with Crippen LogP contribution in [-0.2, 0) is 6.54 Å². The molecule has 2 aromatic carbocycles. The van der Waals surface area contributed by atoms with E-state index in [-0.39, 0.29) is 0 Å². The van der Waals surface area contributed by atoms with Crippen molar-refractivity contribution in [1.29, 1.82) is 0 Å². The molecule has 21 heavy (non-hydrogen) atoms. The monoisotopic (exact) mass is 477 g/mol. The first-order chi connectivity index (χ1) is 10.1. The van der Waals surface area contributed by atoms with Crippen LogP contribution >= 0.6 is 47.8 Å². The molecular weight excluding hydrogens is 466 g/mol. The van der Waals surface area contributed by atoms with Crippen molar-refractivity contribution in [2.45, 2.75) is 6.54 Å². The van der Waals surface area contributed by atoms with E-state index in [0.29, 0.717) is 18.0 Å². The molecule has 0 aliphatic heterocycles. The van der Waals surface area contributed by atoms with Crippen LogP contribution in [0.3, 0.4) is 0 Å². The van der Waals surface area contributed by atoms with Gasteiger partial charge in [0.15, 0.2) is 11.5 Å². The summed E-state index contributed by atoms with van der Waals surface area (Å²) in [7, 11) is 3.26. The first-order valence-electron chi connectivity index (χ1n) is 6.15. The third-order valence-corrected chi connectivity index (χ3v) is 5.03. The van der Waals surface area contributed by atoms with Crippen LogP contribution in [0.1, 0.15) is 5.56 Å². The lowest BCUT2D eigenvalue weighted by Crippen LogP contribution is -2.03. The first-order valence-corrected chi connectivity index (χ1v) is 8.53. The zero-order chi connectivity index (χ0) is 15.4. The second kappa shape index (κ2) is 7.51. The Kier molecular flexibility index (Phi) is 5.96. The molecule has 2 aromatic rings. The molecule has 112 valence electrons. The van der Waals surface area contributed by atoms with Gasteiger partial charge in [-0.2, -0.15) is 0 Å². The third kappa shape index (κ3) is 3.93. The summed E-state index contributed by atoms with van der Waals surface area (Å²) in [5, 5.41) is 3.41. The molecule has 0 heterocycles. The van der Waals surface area contributed by atoms with Crippen LogP contribution in [0.2, 0.25) is 0 Å². The van der Waals surface area contributed by atoms with E-state index in [1.54, 1.807) is 14.2 Å². The molecular formula is C15H14Br3NO2. The standard InChI is InChI=1S/C15H14Br3NO2/c1-20-13-6-9(12(18)7-14(13)21-2)8-19-15-10(16)4-3-5-11(15)17/h3-7,19H,8H2,1-2H3. The van der Waals surface area contributed by atoms with E-state index in [2.05, 4.69) is 53.1 Å². The van der Waals surface area contributed by atoms with E-state index in [1.807, 2.05) is 30.3 Å². The topological polar surface area (TPSA) is 30.5 Å². The second-order valence-corrected chi connectivity index (χ2v) is 6.81. The summed E-state index contributed by atoms with van der Waals surface area (Å²) in [6.07, 6.45) is 0. The van der Waals surface area contributed by atoms with E-state index < -0.39 is 0 Å². The average molecular weight is 480 g/mol. The van der Waals surface area contributed by atoms with Crippen LogP contribution in [0.4, 0.5) is 5.69 Å². The molecule has 6 heteroatoms. The Morgan fingerprint density at radius 3 is 2.05 bits per heavy atom. The fraction of sp³-hybridized carbons (Fsp3) is 0.200. The number of para-hydroxylation sites is 1. The largest absolute Gasteiger partial charge is 0.493 e. The molecule has 0 bridgehead atoms. The van der Waals surface area contributed by atoms with E-state index in [9.17, 15) is 0 Å². The molecule has 0 spiro atoms. The molecule has 1 N–H and O–H groups in total. The van der Waals surface area contributed by atoms with E-state index >= 15 is 0 Å². The molecule has 0 aromatic heterocycles. The zero-order valence-electron chi connectivity index (χ0n) is 11.5. The third-order valence-electron chi connectivity index (χ3n) is 2.97. The molecule has 0 unspecified atom stereocenters. The molecule has 0 saturated carbocycles. The molecule has 2 rings (SSSR count).